The van der Waals surface area contributed by atoms with Gasteiger partial charge < -0.3 is 5.11 Å². The molecule has 18 heavy (non-hydrogen) atoms. The van der Waals surface area contributed by atoms with E-state index in [2.05, 4.69) is 5.10 Å². The number of aryl methyl sites for hydroxylation is 1. The van der Waals surface area contributed by atoms with Crippen molar-refractivity contribution in [2.75, 3.05) is 5.01 Å². The number of carboxylic acids is 1. The van der Waals surface area contributed by atoms with Crippen molar-refractivity contribution < 1.29 is 19.1 Å². The second kappa shape index (κ2) is 4.56. The summed E-state index contributed by atoms with van der Waals surface area (Å²) in [6.07, 6.45) is -0.272. The van der Waals surface area contributed by atoms with E-state index < -0.39 is 11.8 Å². The van der Waals surface area contributed by atoms with Crippen molar-refractivity contribution in [1.82, 2.24) is 0 Å². The van der Waals surface area contributed by atoms with Gasteiger partial charge in [-0.1, -0.05) is 0 Å². The van der Waals surface area contributed by atoms with Crippen molar-refractivity contribution >= 4 is 23.3 Å². The summed E-state index contributed by atoms with van der Waals surface area (Å²) in [6, 6.07) is 3.99. The summed E-state index contributed by atoms with van der Waals surface area (Å²) < 4.78 is 13.0. The highest BCUT2D eigenvalue weighted by molar-refractivity contribution is 6.16. The van der Waals surface area contributed by atoms with Crippen molar-refractivity contribution in [2.45, 2.75) is 19.8 Å². The fourth-order valence-electron chi connectivity index (χ4n) is 1.80. The molecule has 1 amide bonds. The Bertz CT molecular complexity index is 554. The lowest BCUT2D eigenvalue weighted by Gasteiger charge is -2.14. The topological polar surface area (TPSA) is 70.0 Å². The number of carbonyl (C=O) groups is 2. The zero-order valence-electron chi connectivity index (χ0n) is 9.68. The molecule has 1 heterocycles. The molecule has 0 unspecified atom stereocenters. The molecular weight excluding hydrogens is 239 g/mol. The van der Waals surface area contributed by atoms with Gasteiger partial charge in [0, 0.05) is 0 Å². The van der Waals surface area contributed by atoms with Gasteiger partial charge in [0.05, 0.1) is 24.2 Å². The van der Waals surface area contributed by atoms with Crippen LogP contribution in [0, 0.1) is 12.7 Å². The maximum Gasteiger partial charge on any atom is 0.309 e. The first-order chi connectivity index (χ1) is 8.47. The number of hydrogen-bond donors (Lipinski definition) is 1. The molecule has 0 bridgehead atoms. The average Bonchev–Trinajstić information content (AvgIpc) is 2.58. The SMILES string of the molecule is Cc1cc(F)ccc1N1N=C(CC(=O)O)CC1=O. The molecule has 0 aromatic heterocycles. The maximum atomic E-state index is 13.0. The predicted octanol–water partition coefficient (Wildman–Crippen LogP) is 1.70. The molecule has 0 atom stereocenters. The third kappa shape index (κ3) is 2.37. The minimum absolute atomic E-state index is 0.0108. The van der Waals surface area contributed by atoms with Crippen LogP contribution in [0.15, 0.2) is 23.3 Å². The molecule has 1 aromatic carbocycles. The summed E-state index contributed by atoms with van der Waals surface area (Å²) in [6.45, 7) is 1.66. The largest absolute Gasteiger partial charge is 0.481 e. The van der Waals surface area contributed by atoms with Crippen LogP contribution >= 0.6 is 0 Å². The number of aliphatic carboxylic acids is 1. The van der Waals surface area contributed by atoms with E-state index in [1.165, 1.54) is 18.2 Å². The molecule has 0 saturated heterocycles. The Morgan fingerprint density at radius 1 is 1.56 bits per heavy atom. The Kier molecular flexibility index (Phi) is 3.10. The Morgan fingerprint density at radius 2 is 2.28 bits per heavy atom. The fourth-order valence-corrected chi connectivity index (χ4v) is 1.80. The minimum atomic E-state index is -1.03. The highest BCUT2D eigenvalue weighted by atomic mass is 19.1. The van der Waals surface area contributed by atoms with Crippen LogP contribution < -0.4 is 5.01 Å². The van der Waals surface area contributed by atoms with Gasteiger partial charge in [-0.25, -0.2) is 9.40 Å². The monoisotopic (exact) mass is 250 g/mol. The first-order valence-electron chi connectivity index (χ1n) is 5.34. The van der Waals surface area contributed by atoms with Crippen LogP contribution in [-0.4, -0.2) is 22.7 Å². The van der Waals surface area contributed by atoms with Crippen LogP contribution in [0.1, 0.15) is 18.4 Å². The number of benzene rings is 1. The van der Waals surface area contributed by atoms with Crippen LogP contribution in [0.25, 0.3) is 0 Å². The molecular formula is C12H11FN2O3. The van der Waals surface area contributed by atoms with Crippen LogP contribution in [0.2, 0.25) is 0 Å². The summed E-state index contributed by atoms with van der Waals surface area (Å²) in [5.41, 5.74) is 1.35. The Hall–Kier alpha value is -2.24. The van der Waals surface area contributed by atoms with Crippen LogP contribution in [-0.2, 0) is 9.59 Å². The second-order valence-electron chi connectivity index (χ2n) is 4.05. The zero-order chi connectivity index (χ0) is 13.3. The van der Waals surface area contributed by atoms with Gasteiger partial charge in [0.2, 0.25) is 0 Å². The van der Waals surface area contributed by atoms with Gasteiger partial charge in [0.25, 0.3) is 5.91 Å². The summed E-state index contributed by atoms with van der Waals surface area (Å²) in [5.74, 6) is -1.72. The number of halogens is 1. The summed E-state index contributed by atoms with van der Waals surface area (Å²) in [4.78, 5) is 22.3. The third-order valence-corrected chi connectivity index (χ3v) is 2.58. The lowest BCUT2D eigenvalue weighted by molar-refractivity contribution is -0.135. The molecule has 0 fully saturated rings. The number of nitrogens with zero attached hydrogens (tertiary/aromatic N) is 2. The summed E-state index contributed by atoms with van der Waals surface area (Å²) in [5, 5.41) is 13.7. The predicted molar refractivity (Wildman–Crippen MR) is 62.9 cm³/mol. The van der Waals surface area contributed by atoms with Crippen molar-refractivity contribution in [2.24, 2.45) is 5.10 Å². The molecule has 94 valence electrons. The highest BCUT2D eigenvalue weighted by Crippen LogP contribution is 2.25. The van der Waals surface area contributed by atoms with E-state index in [0.29, 0.717) is 17.0 Å². The first kappa shape index (κ1) is 12.2. The van der Waals surface area contributed by atoms with Gasteiger partial charge >= 0.3 is 5.97 Å². The molecule has 2 rings (SSSR count). The fraction of sp³-hybridized carbons (Fsp3) is 0.250. The van der Waals surface area contributed by atoms with E-state index in [4.69, 9.17) is 5.11 Å². The molecule has 0 spiro atoms. The van der Waals surface area contributed by atoms with Gasteiger partial charge in [-0.15, -0.1) is 0 Å². The molecule has 1 N–H and O–H groups in total. The van der Waals surface area contributed by atoms with E-state index in [1.54, 1.807) is 6.92 Å². The number of amides is 1. The van der Waals surface area contributed by atoms with E-state index in [9.17, 15) is 14.0 Å². The molecule has 0 radical (unpaired) electrons. The van der Waals surface area contributed by atoms with Crippen LogP contribution in [0.4, 0.5) is 10.1 Å². The van der Waals surface area contributed by atoms with E-state index >= 15 is 0 Å². The van der Waals surface area contributed by atoms with Gasteiger partial charge in [-0.2, -0.15) is 5.10 Å². The zero-order valence-corrected chi connectivity index (χ0v) is 9.68. The second-order valence-corrected chi connectivity index (χ2v) is 4.05. The van der Waals surface area contributed by atoms with Crippen molar-refractivity contribution in [3.05, 3.63) is 29.6 Å². The number of hydrogen-bond acceptors (Lipinski definition) is 3. The quantitative estimate of drug-likeness (QED) is 0.887. The summed E-state index contributed by atoms with van der Waals surface area (Å²) in [7, 11) is 0. The van der Waals surface area contributed by atoms with Gasteiger partial charge in [-0.05, 0) is 30.7 Å². The van der Waals surface area contributed by atoms with E-state index in [1.807, 2.05) is 0 Å². The Morgan fingerprint density at radius 3 is 2.89 bits per heavy atom. The molecule has 0 saturated carbocycles. The third-order valence-electron chi connectivity index (χ3n) is 2.58. The van der Waals surface area contributed by atoms with E-state index in [0.717, 1.165) is 5.01 Å². The van der Waals surface area contributed by atoms with Crippen molar-refractivity contribution in [1.29, 1.82) is 0 Å². The molecule has 1 aliphatic heterocycles. The molecule has 1 aromatic rings. The summed E-state index contributed by atoms with van der Waals surface area (Å²) >= 11 is 0. The molecule has 1 aliphatic rings. The number of hydrazone groups is 1. The lowest BCUT2D eigenvalue weighted by atomic mass is 10.2. The molecule has 5 nitrogen and oxygen atoms in total. The molecule has 0 aliphatic carbocycles. The number of carboxylic acid groups (broad SMARTS) is 1. The Labute approximate surface area is 103 Å². The first-order valence-corrected chi connectivity index (χ1v) is 5.34. The van der Waals surface area contributed by atoms with E-state index in [-0.39, 0.29) is 18.7 Å². The van der Waals surface area contributed by atoms with Gasteiger partial charge in [0.15, 0.2) is 0 Å². The number of anilines is 1. The molecule has 6 heteroatoms. The lowest BCUT2D eigenvalue weighted by Crippen LogP contribution is -2.20. The van der Waals surface area contributed by atoms with Gasteiger partial charge in [0.1, 0.15) is 5.82 Å². The van der Waals surface area contributed by atoms with Crippen molar-refractivity contribution in [3.8, 4) is 0 Å². The van der Waals surface area contributed by atoms with Crippen LogP contribution in [0.3, 0.4) is 0 Å². The Balaban J connectivity index is 2.30. The minimum Gasteiger partial charge on any atom is -0.481 e. The van der Waals surface area contributed by atoms with Crippen molar-refractivity contribution in [3.63, 3.8) is 0 Å². The standard InChI is InChI=1S/C12H11FN2O3/c1-7-4-8(13)2-3-10(7)15-11(16)5-9(14-15)6-12(17)18/h2-4H,5-6H2,1H3,(H,17,18). The van der Waals surface area contributed by atoms with Gasteiger partial charge in [-0.3, -0.25) is 9.59 Å². The number of rotatable bonds is 3. The number of carbonyl (C=O) groups excluding carboxylic acids is 1. The normalized spacial score (nSPS) is 14.9. The smallest absolute Gasteiger partial charge is 0.309 e. The average molecular weight is 250 g/mol. The van der Waals surface area contributed by atoms with Crippen LogP contribution in [0.5, 0.6) is 0 Å². The maximum absolute atomic E-state index is 13.0. The highest BCUT2D eigenvalue weighted by Gasteiger charge is 2.27.